The molecule has 0 radical (unpaired) electrons. The minimum atomic E-state index is -3.39. The van der Waals surface area contributed by atoms with Crippen molar-refractivity contribution in [3.8, 4) is 6.07 Å². The average molecular weight is 262 g/mol. The van der Waals surface area contributed by atoms with Gasteiger partial charge in [0.25, 0.3) is 0 Å². The maximum atomic E-state index is 12.5. The van der Waals surface area contributed by atoms with E-state index in [1.54, 1.807) is 18.7 Å². The Morgan fingerprint density at radius 1 is 1.35 bits per heavy atom. The normalized spacial score (nSPS) is 19.8. The summed E-state index contributed by atoms with van der Waals surface area (Å²) in [4.78, 5) is 1.80. The molecule has 98 valence electrons. The Bertz CT molecular complexity index is 302. The van der Waals surface area contributed by atoms with Crippen LogP contribution in [0.2, 0.25) is 0 Å². The van der Waals surface area contributed by atoms with Crippen LogP contribution >= 0.6 is 7.60 Å². The second-order valence-electron chi connectivity index (χ2n) is 3.53. The van der Waals surface area contributed by atoms with Crippen LogP contribution in [0.1, 0.15) is 13.8 Å². The molecule has 17 heavy (non-hydrogen) atoms. The lowest BCUT2D eigenvalue weighted by Crippen LogP contribution is -2.43. The van der Waals surface area contributed by atoms with E-state index in [1.165, 1.54) is 0 Å². The van der Waals surface area contributed by atoms with Crippen molar-refractivity contribution in [3.63, 3.8) is 0 Å². The molecule has 7 heteroatoms. The Hall–Kier alpha value is -0.440. The molecule has 1 atom stereocenters. The van der Waals surface area contributed by atoms with Crippen LogP contribution in [0.15, 0.2) is 0 Å². The zero-order valence-corrected chi connectivity index (χ0v) is 11.2. The van der Waals surface area contributed by atoms with Gasteiger partial charge in [-0.1, -0.05) is 0 Å². The molecule has 1 heterocycles. The van der Waals surface area contributed by atoms with Gasteiger partial charge in [-0.15, -0.1) is 0 Å². The van der Waals surface area contributed by atoms with E-state index >= 15 is 0 Å². The van der Waals surface area contributed by atoms with Gasteiger partial charge in [0.15, 0.2) is 0 Å². The highest BCUT2D eigenvalue weighted by Crippen LogP contribution is 2.53. The number of hydrogen-bond acceptors (Lipinski definition) is 6. The van der Waals surface area contributed by atoms with Crippen LogP contribution in [0, 0.1) is 11.3 Å². The molecular formula is C10H19N2O4P. The summed E-state index contributed by atoms with van der Waals surface area (Å²) in [6.45, 7) is 6.22. The van der Waals surface area contributed by atoms with E-state index in [1.807, 2.05) is 6.07 Å². The largest absolute Gasteiger partial charge is 0.379 e. The Morgan fingerprint density at radius 3 is 2.29 bits per heavy atom. The Morgan fingerprint density at radius 2 is 1.88 bits per heavy atom. The van der Waals surface area contributed by atoms with E-state index in [4.69, 9.17) is 13.8 Å². The quantitative estimate of drug-likeness (QED) is 0.674. The summed E-state index contributed by atoms with van der Waals surface area (Å²) in [6.07, 6.45) is 0. The first-order valence-corrected chi connectivity index (χ1v) is 7.39. The molecule has 1 fully saturated rings. The predicted octanol–water partition coefficient (Wildman–Crippen LogP) is 1.43. The van der Waals surface area contributed by atoms with Crippen molar-refractivity contribution in [1.82, 2.24) is 4.90 Å². The highest BCUT2D eigenvalue weighted by atomic mass is 31.2. The van der Waals surface area contributed by atoms with Gasteiger partial charge in [-0.05, 0) is 13.8 Å². The first kappa shape index (κ1) is 14.6. The van der Waals surface area contributed by atoms with Gasteiger partial charge in [-0.3, -0.25) is 9.46 Å². The molecule has 0 amide bonds. The van der Waals surface area contributed by atoms with Crippen LogP contribution < -0.4 is 0 Å². The first-order valence-electron chi connectivity index (χ1n) is 5.78. The molecule has 0 saturated carbocycles. The number of rotatable bonds is 6. The molecule has 0 aliphatic carbocycles. The summed E-state index contributed by atoms with van der Waals surface area (Å²) in [5, 5.41) is 9.20. The molecule has 1 saturated heterocycles. The summed E-state index contributed by atoms with van der Waals surface area (Å²) < 4.78 is 28.1. The molecule has 1 unspecified atom stereocenters. The van der Waals surface area contributed by atoms with Gasteiger partial charge in [0.05, 0.1) is 32.5 Å². The smallest absolute Gasteiger partial charge is 0.362 e. The SMILES string of the molecule is CCOP(=O)(OCC)C(C#N)N1CCOCC1. The van der Waals surface area contributed by atoms with E-state index < -0.39 is 13.4 Å². The Balaban J connectivity index is 2.80. The second-order valence-corrected chi connectivity index (χ2v) is 5.61. The number of hydrogen-bond donors (Lipinski definition) is 0. The predicted molar refractivity (Wildman–Crippen MR) is 62.7 cm³/mol. The fourth-order valence-electron chi connectivity index (χ4n) is 1.71. The number of nitrogens with zero attached hydrogens (tertiary/aromatic N) is 2. The minimum absolute atomic E-state index is 0.264. The first-order chi connectivity index (χ1) is 8.18. The lowest BCUT2D eigenvalue weighted by Gasteiger charge is -2.33. The minimum Gasteiger partial charge on any atom is -0.379 e. The number of ether oxygens (including phenoxy) is 1. The summed E-state index contributed by atoms with van der Waals surface area (Å²) in [7, 11) is -3.39. The molecule has 0 bridgehead atoms. The maximum Gasteiger partial charge on any atom is 0.362 e. The maximum absolute atomic E-state index is 12.5. The molecule has 1 rings (SSSR count). The monoisotopic (exact) mass is 262 g/mol. The Kier molecular flexibility index (Phi) is 6.10. The van der Waals surface area contributed by atoms with Crippen LogP contribution in [0.4, 0.5) is 0 Å². The highest BCUT2D eigenvalue weighted by Gasteiger charge is 2.40. The molecule has 6 nitrogen and oxygen atoms in total. The molecule has 0 N–H and O–H groups in total. The van der Waals surface area contributed by atoms with Gasteiger partial charge in [-0.25, -0.2) is 0 Å². The summed E-state index contributed by atoms with van der Waals surface area (Å²) in [5.74, 6) is -0.841. The van der Waals surface area contributed by atoms with Crippen LogP contribution in [-0.4, -0.2) is 50.2 Å². The molecule has 0 aromatic heterocycles. The standard InChI is InChI=1S/C10H19N2O4P/c1-3-15-17(13,16-4-2)10(9-11)12-5-7-14-8-6-12/h10H,3-8H2,1-2H3. The number of morpholine rings is 1. The second kappa shape index (κ2) is 7.10. The van der Waals surface area contributed by atoms with Crippen LogP contribution in [-0.2, 0) is 18.3 Å². The third-order valence-electron chi connectivity index (χ3n) is 2.42. The molecular weight excluding hydrogens is 243 g/mol. The van der Waals surface area contributed by atoms with E-state index in [9.17, 15) is 9.83 Å². The van der Waals surface area contributed by atoms with Gasteiger partial charge in [0.1, 0.15) is 0 Å². The van der Waals surface area contributed by atoms with E-state index in [2.05, 4.69) is 0 Å². The summed E-state index contributed by atoms with van der Waals surface area (Å²) in [5.41, 5.74) is 0. The van der Waals surface area contributed by atoms with Crippen molar-refractivity contribution in [3.05, 3.63) is 0 Å². The van der Waals surface area contributed by atoms with Gasteiger partial charge in [-0.2, -0.15) is 5.26 Å². The van der Waals surface area contributed by atoms with Crippen molar-refractivity contribution in [2.45, 2.75) is 19.6 Å². The topological polar surface area (TPSA) is 71.8 Å². The van der Waals surface area contributed by atoms with E-state index in [-0.39, 0.29) is 13.2 Å². The average Bonchev–Trinajstić information content (AvgIpc) is 2.31. The zero-order chi connectivity index (χ0) is 12.7. The van der Waals surface area contributed by atoms with Crippen molar-refractivity contribution in [1.29, 1.82) is 5.26 Å². The third-order valence-corrected chi connectivity index (χ3v) is 4.70. The molecule has 1 aliphatic heterocycles. The highest BCUT2D eigenvalue weighted by molar-refractivity contribution is 7.54. The van der Waals surface area contributed by atoms with Gasteiger partial charge >= 0.3 is 7.60 Å². The fourth-order valence-corrected chi connectivity index (χ4v) is 3.56. The zero-order valence-electron chi connectivity index (χ0n) is 10.3. The molecule has 0 aromatic rings. The van der Waals surface area contributed by atoms with E-state index in [0.29, 0.717) is 26.3 Å². The van der Waals surface area contributed by atoms with E-state index in [0.717, 1.165) is 0 Å². The Labute approximate surface area is 102 Å². The lowest BCUT2D eigenvalue weighted by molar-refractivity contribution is 0.0325. The number of nitriles is 1. The van der Waals surface area contributed by atoms with Crippen molar-refractivity contribution in [2.75, 3.05) is 39.5 Å². The third kappa shape index (κ3) is 3.77. The van der Waals surface area contributed by atoms with Gasteiger partial charge in [0, 0.05) is 13.1 Å². The summed E-state index contributed by atoms with van der Waals surface area (Å²) >= 11 is 0. The van der Waals surface area contributed by atoms with Gasteiger partial charge in [0.2, 0.25) is 5.78 Å². The van der Waals surface area contributed by atoms with Gasteiger partial charge < -0.3 is 13.8 Å². The van der Waals surface area contributed by atoms with Crippen LogP contribution in [0.3, 0.4) is 0 Å². The lowest BCUT2D eigenvalue weighted by atomic mass is 10.4. The van der Waals surface area contributed by atoms with Crippen molar-refractivity contribution in [2.24, 2.45) is 0 Å². The van der Waals surface area contributed by atoms with Crippen LogP contribution in [0.5, 0.6) is 0 Å². The van der Waals surface area contributed by atoms with Crippen molar-refractivity contribution < 1.29 is 18.3 Å². The fraction of sp³-hybridized carbons (Fsp3) is 0.900. The molecule has 0 aromatic carbocycles. The summed E-state index contributed by atoms with van der Waals surface area (Å²) in [6, 6.07) is 2.04. The van der Waals surface area contributed by atoms with Crippen LogP contribution in [0.25, 0.3) is 0 Å². The molecule has 1 aliphatic rings. The molecule has 0 spiro atoms. The van der Waals surface area contributed by atoms with Crippen molar-refractivity contribution >= 4 is 7.60 Å².